The molecule has 2 fully saturated rings. The molecule has 0 bridgehead atoms. The van der Waals surface area contributed by atoms with Gasteiger partial charge >= 0.3 is 5.97 Å². The maximum Gasteiger partial charge on any atom is 0.348 e. The lowest BCUT2D eigenvalue weighted by molar-refractivity contribution is -0.0356. The summed E-state index contributed by atoms with van der Waals surface area (Å²) in [5.74, 6) is 1.36. The quantitative estimate of drug-likeness (QED) is 0.324. The molecule has 7 heteroatoms. The van der Waals surface area contributed by atoms with E-state index in [1.165, 1.54) is 29.7 Å². The third kappa shape index (κ3) is 5.61. The van der Waals surface area contributed by atoms with Gasteiger partial charge in [-0.05, 0) is 75.3 Å². The number of oxazole rings is 1. The first kappa shape index (κ1) is 24.7. The van der Waals surface area contributed by atoms with Crippen molar-refractivity contribution in [1.82, 2.24) is 4.98 Å². The Bertz CT molecular complexity index is 1000. The van der Waals surface area contributed by atoms with Gasteiger partial charge in [-0.25, -0.2) is 9.78 Å². The van der Waals surface area contributed by atoms with E-state index in [2.05, 4.69) is 23.2 Å². The van der Waals surface area contributed by atoms with Crippen LogP contribution in [-0.4, -0.2) is 29.3 Å². The van der Waals surface area contributed by atoms with E-state index in [-0.39, 0.29) is 23.2 Å². The summed E-state index contributed by atoms with van der Waals surface area (Å²) in [6.07, 6.45) is 16.7. The largest absolute Gasteiger partial charge is 0.465 e. The number of hydrogen-bond acceptors (Lipinski definition) is 7. The van der Waals surface area contributed by atoms with E-state index < -0.39 is 6.10 Å². The summed E-state index contributed by atoms with van der Waals surface area (Å²) in [5, 5.41) is 20.7. The lowest BCUT2D eigenvalue weighted by Gasteiger charge is -2.45. The molecule has 2 saturated carbocycles. The van der Waals surface area contributed by atoms with Gasteiger partial charge in [-0.3, -0.25) is 0 Å². The molecule has 4 atom stereocenters. The van der Waals surface area contributed by atoms with Crippen molar-refractivity contribution in [2.45, 2.75) is 70.3 Å². The molecule has 4 rings (SSSR count). The van der Waals surface area contributed by atoms with Gasteiger partial charge in [0.25, 0.3) is 0 Å². The lowest BCUT2D eigenvalue weighted by atomic mass is 9.62. The highest BCUT2D eigenvalue weighted by molar-refractivity contribution is 7.13. The number of esters is 1. The number of ether oxygens (including phenoxy) is 1. The van der Waals surface area contributed by atoms with E-state index in [0.717, 1.165) is 63.5 Å². The number of nitrogens with zero attached hydrogens (tertiary/aromatic N) is 2. The van der Waals surface area contributed by atoms with Crippen molar-refractivity contribution < 1.29 is 19.1 Å². The summed E-state index contributed by atoms with van der Waals surface area (Å²) < 4.78 is 10.2. The maximum absolute atomic E-state index is 11.7. The predicted molar refractivity (Wildman–Crippen MR) is 130 cm³/mol. The molecule has 34 heavy (non-hydrogen) atoms. The molecule has 2 aromatic heterocycles. The van der Waals surface area contributed by atoms with Crippen LogP contribution >= 0.6 is 11.3 Å². The van der Waals surface area contributed by atoms with Crippen LogP contribution in [0.25, 0.3) is 0 Å². The average Bonchev–Trinajstić information content (AvgIpc) is 3.57. The Morgan fingerprint density at radius 3 is 2.97 bits per heavy atom. The third-order valence-corrected chi connectivity index (χ3v) is 8.98. The Labute approximate surface area is 205 Å². The molecule has 0 aliphatic heterocycles. The molecule has 2 heterocycles. The minimum absolute atomic E-state index is 0.0536. The van der Waals surface area contributed by atoms with Gasteiger partial charge in [0.05, 0.1) is 31.4 Å². The number of carbonyl (C=O) groups is 1. The molecule has 4 unspecified atom stereocenters. The Balaban J connectivity index is 1.29. The van der Waals surface area contributed by atoms with Gasteiger partial charge < -0.3 is 14.3 Å². The molecule has 0 spiro atoms. The SMILES string of the molecule is COC(=O)c1ccc(CCCC2CCC(C#N)C2/C=C/CC(O)C2(Cc3cnco3)CCC2)s1. The number of thiophene rings is 1. The van der Waals surface area contributed by atoms with Gasteiger partial charge in [-0.15, -0.1) is 11.3 Å². The fourth-order valence-electron chi connectivity index (χ4n) is 5.70. The van der Waals surface area contributed by atoms with E-state index in [0.29, 0.717) is 17.2 Å². The zero-order valence-corrected chi connectivity index (χ0v) is 20.6. The summed E-state index contributed by atoms with van der Waals surface area (Å²) in [7, 11) is 1.41. The number of hydrogen-bond donors (Lipinski definition) is 1. The van der Waals surface area contributed by atoms with Crippen LogP contribution in [0.4, 0.5) is 0 Å². The molecule has 6 nitrogen and oxygen atoms in total. The first-order chi connectivity index (χ1) is 16.5. The lowest BCUT2D eigenvalue weighted by Crippen LogP contribution is -2.43. The summed E-state index contributed by atoms with van der Waals surface area (Å²) in [4.78, 5) is 17.5. The molecule has 0 amide bonds. The Morgan fingerprint density at radius 1 is 1.44 bits per heavy atom. The number of aromatic nitrogens is 1. The fourth-order valence-corrected chi connectivity index (χ4v) is 6.66. The van der Waals surface area contributed by atoms with Crippen molar-refractivity contribution in [2.75, 3.05) is 7.11 Å². The average molecular weight is 483 g/mol. The summed E-state index contributed by atoms with van der Waals surface area (Å²) in [5.41, 5.74) is -0.114. The molecular formula is C27H34N2O4S. The van der Waals surface area contributed by atoms with Gasteiger partial charge in [0.1, 0.15) is 10.6 Å². The molecule has 1 N–H and O–H groups in total. The number of carbonyl (C=O) groups excluding carboxylic acids is 1. The minimum atomic E-state index is -0.411. The minimum Gasteiger partial charge on any atom is -0.465 e. The second-order valence-electron chi connectivity index (χ2n) is 9.84. The van der Waals surface area contributed by atoms with Crippen molar-refractivity contribution in [1.29, 1.82) is 5.26 Å². The monoisotopic (exact) mass is 482 g/mol. The molecule has 182 valence electrons. The fraction of sp³-hybridized carbons (Fsp3) is 0.593. The van der Waals surface area contributed by atoms with Crippen LogP contribution in [0, 0.1) is 34.5 Å². The first-order valence-electron chi connectivity index (χ1n) is 12.3. The van der Waals surface area contributed by atoms with Crippen LogP contribution in [0.5, 0.6) is 0 Å². The van der Waals surface area contributed by atoms with Crippen molar-refractivity contribution in [3.05, 3.63) is 52.4 Å². The molecular weight excluding hydrogens is 448 g/mol. The van der Waals surface area contributed by atoms with Gasteiger partial charge in [-0.2, -0.15) is 5.26 Å². The smallest absolute Gasteiger partial charge is 0.348 e. The van der Waals surface area contributed by atoms with Crippen LogP contribution in [0.1, 0.15) is 71.7 Å². The van der Waals surface area contributed by atoms with Gasteiger partial charge in [0, 0.05) is 16.7 Å². The van der Waals surface area contributed by atoms with Gasteiger partial charge in [0.2, 0.25) is 0 Å². The molecule has 0 saturated heterocycles. The first-order valence-corrected chi connectivity index (χ1v) is 13.1. The number of rotatable bonds is 11. The predicted octanol–water partition coefficient (Wildman–Crippen LogP) is 5.73. The van der Waals surface area contributed by atoms with E-state index in [1.807, 2.05) is 12.1 Å². The highest BCUT2D eigenvalue weighted by Gasteiger charge is 2.43. The van der Waals surface area contributed by atoms with Crippen molar-refractivity contribution >= 4 is 17.3 Å². The van der Waals surface area contributed by atoms with Crippen molar-refractivity contribution in [3.63, 3.8) is 0 Å². The van der Waals surface area contributed by atoms with Crippen LogP contribution < -0.4 is 0 Å². The second-order valence-corrected chi connectivity index (χ2v) is 11.0. The third-order valence-electron chi connectivity index (χ3n) is 7.85. The standard InChI is InChI=1S/C27H34N2O4S/c1-32-26(31)24-12-11-22(34-24)6-2-5-19-9-10-20(16-28)23(19)7-3-8-25(30)27(13-4-14-27)15-21-17-29-18-33-21/h3,7,11-12,17-20,23,25,30H,2,4-6,8-10,13-15H2,1H3/b7-3+. The summed E-state index contributed by atoms with van der Waals surface area (Å²) >= 11 is 1.50. The van der Waals surface area contributed by atoms with E-state index >= 15 is 0 Å². The highest BCUT2D eigenvalue weighted by atomic mass is 32.1. The van der Waals surface area contributed by atoms with Crippen LogP contribution in [0.3, 0.4) is 0 Å². The van der Waals surface area contributed by atoms with Crippen LogP contribution in [0.2, 0.25) is 0 Å². The highest BCUT2D eigenvalue weighted by Crippen LogP contribution is 2.48. The number of nitriles is 1. The van der Waals surface area contributed by atoms with Crippen molar-refractivity contribution in [3.8, 4) is 6.07 Å². The molecule has 0 radical (unpaired) electrons. The second kappa shape index (κ2) is 11.3. The normalized spacial score (nSPS) is 24.6. The van der Waals surface area contributed by atoms with Gasteiger partial charge in [0.15, 0.2) is 6.39 Å². The number of aliphatic hydroxyl groups is 1. The maximum atomic E-state index is 11.7. The van der Waals surface area contributed by atoms with E-state index in [1.54, 1.807) is 6.20 Å². The topological polar surface area (TPSA) is 96.4 Å². The Kier molecular flexibility index (Phi) is 8.23. The molecule has 2 aromatic rings. The number of allylic oxidation sites excluding steroid dienone is 1. The molecule has 0 aromatic carbocycles. The summed E-state index contributed by atoms with van der Waals surface area (Å²) in [6.45, 7) is 0. The number of aryl methyl sites for hydroxylation is 1. The van der Waals surface area contributed by atoms with Crippen molar-refractivity contribution in [2.24, 2.45) is 23.2 Å². The Hall–Kier alpha value is -2.43. The van der Waals surface area contributed by atoms with Crippen LogP contribution in [0.15, 0.2) is 41.3 Å². The van der Waals surface area contributed by atoms with Crippen LogP contribution in [-0.2, 0) is 17.6 Å². The Morgan fingerprint density at radius 2 is 2.29 bits per heavy atom. The number of aliphatic hydroxyl groups excluding tert-OH is 1. The zero-order chi connectivity index (χ0) is 24.0. The summed E-state index contributed by atoms with van der Waals surface area (Å²) in [6, 6.07) is 6.36. The van der Waals surface area contributed by atoms with E-state index in [4.69, 9.17) is 9.15 Å². The number of methoxy groups -OCH3 is 1. The van der Waals surface area contributed by atoms with E-state index in [9.17, 15) is 15.2 Å². The molecule has 2 aliphatic carbocycles. The zero-order valence-electron chi connectivity index (χ0n) is 19.8. The molecule has 2 aliphatic rings. The van der Waals surface area contributed by atoms with Gasteiger partial charge in [-0.1, -0.05) is 18.6 Å².